The molecule has 4 aromatic rings. The van der Waals surface area contributed by atoms with E-state index in [1.807, 2.05) is 72.2 Å². The number of aromatic nitrogens is 3. The van der Waals surface area contributed by atoms with E-state index in [-0.39, 0.29) is 11.5 Å². The van der Waals surface area contributed by atoms with Gasteiger partial charge in [0.2, 0.25) is 6.54 Å². The van der Waals surface area contributed by atoms with Gasteiger partial charge >= 0.3 is 0 Å². The highest BCUT2D eigenvalue weighted by Crippen LogP contribution is 2.36. The Bertz CT molecular complexity index is 1300. The summed E-state index contributed by atoms with van der Waals surface area (Å²) in [6.45, 7) is 1.91. The monoisotopic (exact) mass is 510 g/mol. The van der Waals surface area contributed by atoms with Crippen LogP contribution in [0.4, 0.5) is 0 Å². The molecule has 0 radical (unpaired) electrons. The largest absolute Gasteiger partial charge is 0.497 e. The van der Waals surface area contributed by atoms with Gasteiger partial charge < -0.3 is 9.47 Å². The second-order valence-corrected chi connectivity index (χ2v) is 9.21. The van der Waals surface area contributed by atoms with Gasteiger partial charge in [0.1, 0.15) is 29.2 Å². The van der Waals surface area contributed by atoms with Crippen LogP contribution in [0.25, 0.3) is 5.69 Å². The maximum absolute atomic E-state index is 11.5. The molecule has 0 amide bonds. The van der Waals surface area contributed by atoms with Crippen LogP contribution in [0.15, 0.2) is 78.0 Å². The predicted molar refractivity (Wildman–Crippen MR) is 135 cm³/mol. The molecule has 0 unspecified atom stereocenters. The van der Waals surface area contributed by atoms with Crippen LogP contribution in [-0.2, 0) is 6.61 Å². The number of ether oxygens (including phenoxy) is 2. The molecule has 1 heterocycles. The lowest BCUT2D eigenvalue weighted by Gasteiger charge is -2.15. The third kappa shape index (κ3) is 6.12. The minimum absolute atomic E-state index is 0.265. The van der Waals surface area contributed by atoms with E-state index in [0.29, 0.717) is 28.4 Å². The zero-order valence-electron chi connectivity index (χ0n) is 19.1. The molecule has 0 spiro atoms. The minimum Gasteiger partial charge on any atom is -0.497 e. The average molecular weight is 511 g/mol. The standard InChI is InChI=1S/C25H23ClN4O4S/c1-17-27-28-25(30(17)20-9-13-21(33-2)14-10-20)35-24(15-29(31)32)18-7-11-22(12-8-18)34-16-19-5-3-4-6-23(19)26/h3-14,24H,15-16H2,1-2H3/t24-/m1/s1. The number of hydrogen-bond donors (Lipinski definition) is 0. The van der Waals surface area contributed by atoms with Crippen LogP contribution in [0, 0.1) is 17.0 Å². The van der Waals surface area contributed by atoms with Gasteiger partial charge in [0.25, 0.3) is 0 Å². The lowest BCUT2D eigenvalue weighted by Crippen LogP contribution is -2.11. The van der Waals surface area contributed by atoms with Gasteiger partial charge in [-0.15, -0.1) is 10.2 Å². The van der Waals surface area contributed by atoms with Crippen LogP contribution in [0.1, 0.15) is 22.2 Å². The molecule has 0 bridgehead atoms. The summed E-state index contributed by atoms with van der Waals surface area (Å²) >= 11 is 7.49. The van der Waals surface area contributed by atoms with Crippen molar-refractivity contribution in [2.24, 2.45) is 0 Å². The molecule has 0 aliphatic heterocycles. The molecule has 1 aromatic heterocycles. The lowest BCUT2D eigenvalue weighted by molar-refractivity contribution is -0.479. The van der Waals surface area contributed by atoms with Crippen LogP contribution in [-0.4, -0.2) is 33.3 Å². The number of rotatable bonds is 10. The molecular weight excluding hydrogens is 488 g/mol. The first-order chi connectivity index (χ1) is 16.9. The molecule has 0 saturated carbocycles. The molecule has 0 aliphatic rings. The van der Waals surface area contributed by atoms with Crippen molar-refractivity contribution in [2.45, 2.75) is 23.9 Å². The van der Waals surface area contributed by atoms with Gasteiger partial charge in [-0.3, -0.25) is 14.7 Å². The Morgan fingerprint density at radius 1 is 1.03 bits per heavy atom. The van der Waals surface area contributed by atoms with E-state index in [9.17, 15) is 10.1 Å². The number of nitro groups is 1. The minimum atomic E-state index is -0.469. The van der Waals surface area contributed by atoms with Crippen LogP contribution >= 0.6 is 23.4 Å². The number of hydrogen-bond acceptors (Lipinski definition) is 7. The highest BCUT2D eigenvalue weighted by Gasteiger charge is 2.24. The lowest BCUT2D eigenvalue weighted by atomic mass is 10.1. The third-order valence-electron chi connectivity index (χ3n) is 5.29. The Kier molecular flexibility index (Phi) is 7.89. The Morgan fingerprint density at radius 2 is 1.71 bits per heavy atom. The summed E-state index contributed by atoms with van der Waals surface area (Å²) in [6.07, 6.45) is 0. The quantitative estimate of drug-likeness (QED) is 0.148. The van der Waals surface area contributed by atoms with E-state index in [1.165, 1.54) is 11.8 Å². The van der Waals surface area contributed by atoms with Crippen molar-refractivity contribution in [3.05, 3.63) is 105 Å². The summed E-state index contributed by atoms with van der Waals surface area (Å²) in [5.74, 6) is 2.06. The number of halogens is 1. The number of nitrogens with zero attached hydrogens (tertiary/aromatic N) is 4. The molecule has 4 rings (SSSR count). The van der Waals surface area contributed by atoms with E-state index in [4.69, 9.17) is 21.1 Å². The number of methoxy groups -OCH3 is 1. The third-order valence-corrected chi connectivity index (χ3v) is 6.84. The second kappa shape index (κ2) is 11.2. The highest BCUT2D eigenvalue weighted by atomic mass is 35.5. The Labute approximate surface area is 212 Å². The van der Waals surface area contributed by atoms with Crippen molar-refractivity contribution in [1.29, 1.82) is 0 Å². The van der Waals surface area contributed by atoms with Crippen molar-refractivity contribution < 1.29 is 14.4 Å². The zero-order valence-corrected chi connectivity index (χ0v) is 20.7. The first kappa shape index (κ1) is 24.6. The molecule has 0 saturated heterocycles. The van der Waals surface area contributed by atoms with Crippen molar-refractivity contribution in [3.63, 3.8) is 0 Å². The maximum atomic E-state index is 11.5. The van der Waals surface area contributed by atoms with Gasteiger partial charge in [-0.1, -0.05) is 53.7 Å². The predicted octanol–water partition coefficient (Wildman–Crippen LogP) is 5.93. The second-order valence-electron chi connectivity index (χ2n) is 7.63. The van der Waals surface area contributed by atoms with Crippen LogP contribution < -0.4 is 9.47 Å². The molecular formula is C25H23ClN4O4S. The van der Waals surface area contributed by atoms with Gasteiger partial charge in [0.15, 0.2) is 5.16 Å². The Hall–Kier alpha value is -3.56. The summed E-state index contributed by atoms with van der Waals surface area (Å²) in [4.78, 5) is 11.1. The van der Waals surface area contributed by atoms with Crippen LogP contribution in [0.3, 0.4) is 0 Å². The van der Waals surface area contributed by atoms with E-state index < -0.39 is 5.25 Å². The molecule has 8 nitrogen and oxygen atoms in total. The van der Waals surface area contributed by atoms with Gasteiger partial charge in [-0.25, -0.2) is 0 Å². The molecule has 10 heteroatoms. The Balaban J connectivity index is 1.53. The van der Waals surface area contributed by atoms with E-state index in [0.717, 1.165) is 22.6 Å². The first-order valence-electron chi connectivity index (χ1n) is 10.8. The summed E-state index contributed by atoms with van der Waals surface area (Å²) in [6, 6.07) is 22.3. The fraction of sp³-hybridized carbons (Fsp3) is 0.200. The fourth-order valence-corrected chi connectivity index (χ4v) is 4.84. The molecule has 0 N–H and O–H groups in total. The van der Waals surface area contributed by atoms with Gasteiger partial charge in [0.05, 0.1) is 7.11 Å². The van der Waals surface area contributed by atoms with Crippen LogP contribution in [0.5, 0.6) is 11.5 Å². The summed E-state index contributed by atoms with van der Waals surface area (Å²) in [5.41, 5.74) is 2.52. The topological polar surface area (TPSA) is 92.3 Å². The SMILES string of the molecule is COc1ccc(-n2c(C)nnc2S[C@H](C[N+](=O)[O-])c2ccc(OCc3ccccc3Cl)cc2)cc1. The molecule has 35 heavy (non-hydrogen) atoms. The summed E-state index contributed by atoms with van der Waals surface area (Å²) in [7, 11) is 1.61. The summed E-state index contributed by atoms with van der Waals surface area (Å²) < 4.78 is 13.0. The Morgan fingerprint density at radius 3 is 2.37 bits per heavy atom. The van der Waals surface area contributed by atoms with E-state index in [1.54, 1.807) is 19.2 Å². The van der Waals surface area contributed by atoms with E-state index >= 15 is 0 Å². The van der Waals surface area contributed by atoms with Crippen molar-refractivity contribution >= 4 is 23.4 Å². The zero-order chi connectivity index (χ0) is 24.8. The van der Waals surface area contributed by atoms with Crippen LogP contribution in [0.2, 0.25) is 5.02 Å². The first-order valence-corrected chi connectivity index (χ1v) is 12.0. The normalized spacial score (nSPS) is 11.7. The maximum Gasteiger partial charge on any atom is 0.220 e. The molecule has 1 atom stereocenters. The van der Waals surface area contributed by atoms with Gasteiger partial charge in [-0.2, -0.15) is 0 Å². The fourth-order valence-electron chi connectivity index (χ4n) is 3.48. The van der Waals surface area contributed by atoms with Crippen molar-refractivity contribution in [3.8, 4) is 17.2 Å². The van der Waals surface area contributed by atoms with Gasteiger partial charge in [-0.05, 0) is 55.0 Å². The van der Waals surface area contributed by atoms with E-state index in [2.05, 4.69) is 10.2 Å². The van der Waals surface area contributed by atoms with Crippen molar-refractivity contribution in [2.75, 3.05) is 13.7 Å². The molecule has 0 fully saturated rings. The number of benzene rings is 3. The highest BCUT2D eigenvalue weighted by molar-refractivity contribution is 7.99. The average Bonchev–Trinajstić information content (AvgIpc) is 3.23. The van der Waals surface area contributed by atoms with Gasteiger partial charge in [0, 0.05) is 21.2 Å². The smallest absolute Gasteiger partial charge is 0.220 e. The van der Waals surface area contributed by atoms with Crippen molar-refractivity contribution in [1.82, 2.24) is 14.8 Å². The molecule has 0 aliphatic carbocycles. The number of thioether (sulfide) groups is 1. The molecule has 180 valence electrons. The number of aryl methyl sites for hydroxylation is 1. The molecule has 3 aromatic carbocycles. The summed E-state index contributed by atoms with van der Waals surface area (Å²) in [5, 5.41) is 20.7.